The molecule has 3 aromatic heterocycles. The van der Waals surface area contributed by atoms with Crippen LogP contribution < -0.4 is 5.63 Å². The maximum absolute atomic E-state index is 12.2. The molecular weight excluding hydrogens is 294 g/mol. The van der Waals surface area contributed by atoms with E-state index in [9.17, 15) is 4.79 Å². The van der Waals surface area contributed by atoms with E-state index in [4.69, 9.17) is 8.94 Å². The number of aryl methyl sites for hydroxylation is 1. The topological polar surface area (TPSA) is 82.0 Å². The Bertz CT molecular complexity index is 1050. The fourth-order valence-corrected chi connectivity index (χ4v) is 2.38. The molecular formula is C17H11N3O3. The fraction of sp³-hybridized carbons (Fsp3) is 0.0588. The van der Waals surface area contributed by atoms with Gasteiger partial charge in [-0.05, 0) is 30.7 Å². The zero-order valence-corrected chi connectivity index (χ0v) is 12.2. The molecule has 0 amide bonds. The number of para-hydroxylation sites is 1. The third kappa shape index (κ3) is 2.30. The third-order valence-corrected chi connectivity index (χ3v) is 3.53. The van der Waals surface area contributed by atoms with Crippen LogP contribution in [-0.4, -0.2) is 15.1 Å². The smallest absolute Gasteiger partial charge is 0.349 e. The number of pyridine rings is 1. The van der Waals surface area contributed by atoms with Gasteiger partial charge in [0.2, 0.25) is 5.82 Å². The van der Waals surface area contributed by atoms with Crippen molar-refractivity contribution >= 4 is 11.0 Å². The van der Waals surface area contributed by atoms with Crippen molar-refractivity contribution in [1.29, 1.82) is 0 Å². The lowest BCUT2D eigenvalue weighted by atomic mass is 10.1. The van der Waals surface area contributed by atoms with Crippen LogP contribution >= 0.6 is 0 Å². The monoisotopic (exact) mass is 305 g/mol. The van der Waals surface area contributed by atoms with Gasteiger partial charge in [0.15, 0.2) is 0 Å². The summed E-state index contributed by atoms with van der Waals surface area (Å²) in [6.07, 6.45) is 3.28. The van der Waals surface area contributed by atoms with Gasteiger partial charge in [0.05, 0.1) is 0 Å². The number of fused-ring (bicyclic) bond motifs is 1. The molecule has 0 aliphatic carbocycles. The molecule has 4 rings (SSSR count). The molecule has 0 radical (unpaired) electrons. The van der Waals surface area contributed by atoms with Crippen molar-refractivity contribution in [3.63, 3.8) is 0 Å². The van der Waals surface area contributed by atoms with Crippen molar-refractivity contribution in [2.45, 2.75) is 6.92 Å². The summed E-state index contributed by atoms with van der Waals surface area (Å²) in [4.78, 5) is 20.5. The van der Waals surface area contributed by atoms with Gasteiger partial charge in [-0.3, -0.25) is 4.98 Å². The van der Waals surface area contributed by atoms with Gasteiger partial charge < -0.3 is 8.94 Å². The Morgan fingerprint density at radius 1 is 1.13 bits per heavy atom. The molecule has 0 spiro atoms. The second-order valence-electron chi connectivity index (χ2n) is 5.11. The Kier molecular flexibility index (Phi) is 3.01. The Morgan fingerprint density at radius 2 is 2.04 bits per heavy atom. The van der Waals surface area contributed by atoms with Crippen LogP contribution in [0, 0.1) is 6.92 Å². The SMILES string of the molecule is Cc1cccc2cc(-c3nc(-c4cccnc4)no3)c(=O)oc12. The van der Waals surface area contributed by atoms with Crippen molar-refractivity contribution in [2.24, 2.45) is 0 Å². The summed E-state index contributed by atoms with van der Waals surface area (Å²) < 4.78 is 10.6. The molecule has 3 heterocycles. The Hall–Kier alpha value is -3.28. The first-order chi connectivity index (χ1) is 11.2. The lowest BCUT2D eigenvalue weighted by Crippen LogP contribution is -2.03. The lowest BCUT2D eigenvalue weighted by Gasteiger charge is -2.01. The average Bonchev–Trinajstić information content (AvgIpc) is 3.06. The normalized spacial score (nSPS) is 11.0. The number of benzene rings is 1. The highest BCUT2D eigenvalue weighted by molar-refractivity contribution is 5.82. The highest BCUT2D eigenvalue weighted by Crippen LogP contribution is 2.23. The number of hydrogen-bond acceptors (Lipinski definition) is 6. The van der Waals surface area contributed by atoms with Crippen molar-refractivity contribution in [3.05, 3.63) is 64.8 Å². The Balaban J connectivity index is 1.85. The maximum Gasteiger partial charge on any atom is 0.349 e. The molecule has 6 heteroatoms. The summed E-state index contributed by atoms with van der Waals surface area (Å²) in [5.74, 6) is 0.498. The first-order valence-electron chi connectivity index (χ1n) is 7.00. The van der Waals surface area contributed by atoms with E-state index in [1.807, 2.05) is 31.2 Å². The van der Waals surface area contributed by atoms with E-state index in [1.54, 1.807) is 24.5 Å². The molecule has 0 saturated heterocycles. The van der Waals surface area contributed by atoms with Crippen molar-refractivity contribution in [1.82, 2.24) is 15.1 Å². The molecule has 0 fully saturated rings. The van der Waals surface area contributed by atoms with Crippen LogP contribution in [0.15, 0.2) is 62.5 Å². The van der Waals surface area contributed by atoms with Crippen LogP contribution in [0.4, 0.5) is 0 Å². The van der Waals surface area contributed by atoms with Crippen LogP contribution in [0.3, 0.4) is 0 Å². The maximum atomic E-state index is 12.2. The van der Waals surface area contributed by atoms with Gasteiger partial charge in [-0.2, -0.15) is 4.98 Å². The molecule has 0 saturated carbocycles. The van der Waals surface area contributed by atoms with Crippen LogP contribution in [-0.2, 0) is 0 Å². The minimum Gasteiger partial charge on any atom is -0.422 e. The van der Waals surface area contributed by atoms with Gasteiger partial charge in [-0.1, -0.05) is 23.4 Å². The van der Waals surface area contributed by atoms with Crippen LogP contribution in [0.25, 0.3) is 33.8 Å². The van der Waals surface area contributed by atoms with Gasteiger partial charge in [0, 0.05) is 23.3 Å². The molecule has 23 heavy (non-hydrogen) atoms. The molecule has 1 aromatic carbocycles. The molecule has 4 aromatic rings. The van der Waals surface area contributed by atoms with E-state index in [0.717, 1.165) is 10.9 Å². The highest BCUT2D eigenvalue weighted by Gasteiger charge is 2.16. The Morgan fingerprint density at radius 3 is 2.87 bits per heavy atom. The minimum absolute atomic E-state index is 0.126. The molecule has 0 aliphatic heterocycles. The molecule has 112 valence electrons. The van der Waals surface area contributed by atoms with Gasteiger partial charge in [0.1, 0.15) is 11.1 Å². The second-order valence-corrected chi connectivity index (χ2v) is 5.11. The first kappa shape index (κ1) is 13.4. The summed E-state index contributed by atoms with van der Waals surface area (Å²) in [5, 5.41) is 4.70. The van der Waals surface area contributed by atoms with E-state index in [1.165, 1.54) is 0 Å². The fourth-order valence-electron chi connectivity index (χ4n) is 2.38. The van der Waals surface area contributed by atoms with Crippen molar-refractivity contribution in [3.8, 4) is 22.8 Å². The van der Waals surface area contributed by atoms with E-state index in [2.05, 4.69) is 15.1 Å². The quantitative estimate of drug-likeness (QED) is 0.529. The second kappa shape index (κ2) is 5.17. The van der Waals surface area contributed by atoms with Crippen LogP contribution in [0.1, 0.15) is 5.56 Å². The molecule has 6 nitrogen and oxygen atoms in total. The summed E-state index contributed by atoms with van der Waals surface area (Å²) in [6.45, 7) is 1.89. The van der Waals surface area contributed by atoms with E-state index in [0.29, 0.717) is 17.0 Å². The number of rotatable bonds is 2. The minimum atomic E-state index is -0.506. The predicted molar refractivity (Wildman–Crippen MR) is 83.7 cm³/mol. The van der Waals surface area contributed by atoms with E-state index < -0.39 is 5.63 Å². The van der Waals surface area contributed by atoms with Gasteiger partial charge in [-0.15, -0.1) is 0 Å². The summed E-state index contributed by atoms with van der Waals surface area (Å²) in [6, 6.07) is 10.9. The molecule has 0 aliphatic rings. The van der Waals surface area contributed by atoms with Gasteiger partial charge in [-0.25, -0.2) is 4.79 Å². The first-order valence-corrected chi connectivity index (χ1v) is 7.00. The summed E-state index contributed by atoms with van der Waals surface area (Å²) in [7, 11) is 0. The number of nitrogens with zero attached hydrogens (tertiary/aromatic N) is 3. The van der Waals surface area contributed by atoms with Gasteiger partial charge in [0.25, 0.3) is 5.89 Å². The van der Waals surface area contributed by atoms with Crippen molar-refractivity contribution < 1.29 is 8.94 Å². The van der Waals surface area contributed by atoms with Gasteiger partial charge >= 0.3 is 5.63 Å². The lowest BCUT2D eigenvalue weighted by molar-refractivity contribution is 0.429. The zero-order valence-electron chi connectivity index (χ0n) is 12.2. The summed E-state index contributed by atoms with van der Waals surface area (Å²) in [5.41, 5.74) is 1.91. The highest BCUT2D eigenvalue weighted by atomic mass is 16.5. The molecule has 0 atom stereocenters. The molecule has 0 bridgehead atoms. The number of aromatic nitrogens is 3. The average molecular weight is 305 g/mol. The predicted octanol–water partition coefficient (Wildman–Crippen LogP) is 3.21. The standard InChI is InChI=1S/C17H11N3O3/c1-10-4-2-5-11-8-13(17(21)22-14(10)11)16-19-15(20-23-16)12-6-3-7-18-9-12/h2-9H,1H3. The molecule has 0 unspecified atom stereocenters. The Labute approximate surface area is 130 Å². The largest absolute Gasteiger partial charge is 0.422 e. The van der Waals surface area contributed by atoms with Crippen LogP contribution in [0.2, 0.25) is 0 Å². The third-order valence-electron chi connectivity index (χ3n) is 3.53. The van der Waals surface area contributed by atoms with Crippen LogP contribution in [0.5, 0.6) is 0 Å². The van der Waals surface area contributed by atoms with Crippen molar-refractivity contribution in [2.75, 3.05) is 0 Å². The van der Waals surface area contributed by atoms with E-state index >= 15 is 0 Å². The molecule has 0 N–H and O–H groups in total. The van der Waals surface area contributed by atoms with E-state index in [-0.39, 0.29) is 11.5 Å². The summed E-state index contributed by atoms with van der Waals surface area (Å²) >= 11 is 0. The zero-order chi connectivity index (χ0) is 15.8. The number of hydrogen-bond donors (Lipinski definition) is 0.